The third-order valence-corrected chi connectivity index (χ3v) is 5.78. The molecule has 0 radical (unpaired) electrons. The van der Waals surface area contributed by atoms with Crippen molar-refractivity contribution < 1.29 is 18.6 Å². The average molecular weight is 438 g/mol. The van der Waals surface area contributed by atoms with Crippen LogP contribution in [0.3, 0.4) is 0 Å². The van der Waals surface area contributed by atoms with Gasteiger partial charge in [-0.15, -0.1) is 0 Å². The number of rotatable bonds is 7. The van der Waals surface area contributed by atoms with Gasteiger partial charge >= 0.3 is 0 Å². The van der Waals surface area contributed by atoms with Crippen molar-refractivity contribution in [3.05, 3.63) is 87.7 Å². The van der Waals surface area contributed by atoms with Gasteiger partial charge in [-0.2, -0.15) is 5.26 Å². The van der Waals surface area contributed by atoms with Crippen LogP contribution >= 0.6 is 11.6 Å². The summed E-state index contributed by atoms with van der Waals surface area (Å²) in [4.78, 5) is 0. The molecule has 1 fully saturated rings. The molecule has 1 aliphatic heterocycles. The van der Waals surface area contributed by atoms with Gasteiger partial charge in [0.15, 0.2) is 11.6 Å². The smallest absolute Gasteiger partial charge is 0.174 e. The highest BCUT2D eigenvalue weighted by molar-refractivity contribution is 6.33. The van der Waals surface area contributed by atoms with Crippen LogP contribution in [0.4, 0.5) is 4.39 Å². The normalized spacial score (nSPS) is 17.3. The Kier molecular flexibility index (Phi) is 5.97. The highest BCUT2D eigenvalue weighted by Crippen LogP contribution is 2.49. The van der Waals surface area contributed by atoms with E-state index < -0.39 is 11.4 Å². The fourth-order valence-electron chi connectivity index (χ4n) is 3.82. The molecule has 3 aromatic carbocycles. The summed E-state index contributed by atoms with van der Waals surface area (Å²) in [6.45, 7) is 2.98. The molecular formula is C25H21ClFNO3. The molecule has 0 aromatic heterocycles. The Morgan fingerprint density at radius 1 is 1.16 bits per heavy atom. The van der Waals surface area contributed by atoms with Gasteiger partial charge in [0.05, 0.1) is 24.8 Å². The third-order valence-electron chi connectivity index (χ3n) is 5.46. The predicted molar refractivity (Wildman–Crippen MR) is 117 cm³/mol. The summed E-state index contributed by atoms with van der Waals surface area (Å²) in [5.74, 6) is -0.581. The van der Waals surface area contributed by atoms with Gasteiger partial charge in [0, 0.05) is 23.3 Å². The number of epoxide rings is 1. The Balaban J connectivity index is 1.86. The van der Waals surface area contributed by atoms with E-state index in [4.69, 9.17) is 25.8 Å². The van der Waals surface area contributed by atoms with Crippen LogP contribution in [0.2, 0.25) is 5.02 Å². The molecule has 0 spiro atoms. The minimum Gasteiger partial charge on any atom is -0.488 e. The van der Waals surface area contributed by atoms with Crippen LogP contribution in [-0.2, 0) is 15.1 Å². The number of nitriles is 1. The molecule has 0 amide bonds. The molecule has 0 bridgehead atoms. The second-order valence-electron chi connectivity index (χ2n) is 7.38. The Morgan fingerprint density at radius 2 is 1.90 bits per heavy atom. The van der Waals surface area contributed by atoms with Crippen molar-refractivity contribution in [3.63, 3.8) is 0 Å². The van der Waals surface area contributed by atoms with Crippen molar-refractivity contribution in [1.29, 1.82) is 5.26 Å². The topological polar surface area (TPSA) is 54.8 Å². The van der Waals surface area contributed by atoms with Crippen LogP contribution in [-0.4, -0.2) is 26.9 Å². The first-order valence-electron chi connectivity index (χ1n) is 9.86. The third kappa shape index (κ3) is 3.90. The Labute approximate surface area is 185 Å². The van der Waals surface area contributed by atoms with Gasteiger partial charge in [-0.3, -0.25) is 0 Å². The minimum absolute atomic E-state index is 0.0460. The molecule has 0 N–H and O–H groups in total. The molecule has 1 aliphatic rings. The van der Waals surface area contributed by atoms with Gasteiger partial charge in [-0.1, -0.05) is 41.9 Å². The summed E-state index contributed by atoms with van der Waals surface area (Å²) in [6.07, 6.45) is 0. The van der Waals surface area contributed by atoms with Crippen molar-refractivity contribution in [2.75, 3.05) is 26.9 Å². The fourth-order valence-corrected chi connectivity index (χ4v) is 4.13. The maximum Gasteiger partial charge on any atom is 0.174 e. The minimum atomic E-state index is -0.627. The van der Waals surface area contributed by atoms with Gasteiger partial charge in [0.25, 0.3) is 0 Å². The molecule has 3 aromatic rings. The zero-order valence-electron chi connectivity index (χ0n) is 17.2. The van der Waals surface area contributed by atoms with E-state index in [0.717, 1.165) is 16.7 Å². The number of halogens is 2. The summed E-state index contributed by atoms with van der Waals surface area (Å²) in [7, 11) is 1.54. The van der Waals surface area contributed by atoms with E-state index in [1.807, 2.05) is 43.3 Å². The number of ether oxygens (including phenoxy) is 3. The first-order chi connectivity index (χ1) is 15.0. The summed E-state index contributed by atoms with van der Waals surface area (Å²) >= 11 is 6.55. The number of nitrogens with zero attached hydrogens (tertiary/aromatic N) is 1. The van der Waals surface area contributed by atoms with Crippen LogP contribution < -0.4 is 4.74 Å². The molecular weight excluding hydrogens is 417 g/mol. The lowest BCUT2D eigenvalue weighted by Crippen LogP contribution is -2.13. The maximum absolute atomic E-state index is 15.5. The molecule has 0 saturated carbocycles. The Bertz CT molecular complexity index is 1150. The second kappa shape index (κ2) is 8.68. The molecule has 31 heavy (non-hydrogen) atoms. The summed E-state index contributed by atoms with van der Waals surface area (Å²) in [5, 5.41) is 9.99. The van der Waals surface area contributed by atoms with Gasteiger partial charge < -0.3 is 14.2 Å². The Hall–Kier alpha value is -2.91. The molecule has 4 rings (SSSR count). The summed E-state index contributed by atoms with van der Waals surface area (Å²) in [5.41, 5.74) is 2.98. The SMILES string of the molecule is COCCOc1ccc(C#N)c(-c2cc(C3(c4ccccc4)CO3)c(C)cc2Cl)c1F. The maximum atomic E-state index is 15.5. The van der Waals surface area contributed by atoms with Crippen LogP contribution in [0, 0.1) is 24.1 Å². The Morgan fingerprint density at radius 3 is 2.55 bits per heavy atom. The lowest BCUT2D eigenvalue weighted by molar-refractivity contribution is 0.144. The average Bonchev–Trinajstić information content (AvgIpc) is 3.58. The van der Waals surface area contributed by atoms with E-state index in [-0.39, 0.29) is 23.5 Å². The van der Waals surface area contributed by atoms with Crippen molar-refractivity contribution in [1.82, 2.24) is 0 Å². The molecule has 158 valence electrons. The van der Waals surface area contributed by atoms with E-state index in [9.17, 15) is 5.26 Å². The van der Waals surface area contributed by atoms with Gasteiger partial charge in [0.2, 0.25) is 0 Å². The van der Waals surface area contributed by atoms with E-state index in [0.29, 0.717) is 23.8 Å². The molecule has 1 unspecified atom stereocenters. The van der Waals surface area contributed by atoms with Crippen LogP contribution in [0.15, 0.2) is 54.6 Å². The van der Waals surface area contributed by atoms with Crippen LogP contribution in [0.25, 0.3) is 11.1 Å². The standard InChI is InChI=1S/C25H21ClFNO3/c1-16-12-21(26)19(13-20(16)25(15-31-25)18-6-4-3-5-7-18)23-17(14-28)8-9-22(24(23)27)30-11-10-29-2/h3-9,12-13H,10-11,15H2,1-2H3. The lowest BCUT2D eigenvalue weighted by Gasteiger charge is -2.19. The van der Waals surface area contributed by atoms with Crippen molar-refractivity contribution in [2.45, 2.75) is 12.5 Å². The first kappa shape index (κ1) is 21.3. The van der Waals surface area contributed by atoms with Crippen LogP contribution in [0.5, 0.6) is 5.75 Å². The number of hydrogen-bond acceptors (Lipinski definition) is 4. The molecule has 4 nitrogen and oxygen atoms in total. The van der Waals surface area contributed by atoms with Crippen molar-refractivity contribution in [3.8, 4) is 22.9 Å². The molecule has 1 atom stereocenters. The van der Waals surface area contributed by atoms with Gasteiger partial charge in [-0.25, -0.2) is 4.39 Å². The zero-order valence-corrected chi connectivity index (χ0v) is 18.0. The van der Waals surface area contributed by atoms with Gasteiger partial charge in [-0.05, 0) is 47.9 Å². The second-order valence-corrected chi connectivity index (χ2v) is 7.79. The van der Waals surface area contributed by atoms with E-state index in [1.54, 1.807) is 13.2 Å². The molecule has 6 heteroatoms. The fraction of sp³-hybridized carbons (Fsp3) is 0.240. The number of methoxy groups -OCH3 is 1. The first-order valence-corrected chi connectivity index (χ1v) is 10.2. The van der Waals surface area contributed by atoms with Gasteiger partial charge in [0.1, 0.15) is 12.2 Å². The monoisotopic (exact) mass is 437 g/mol. The number of benzene rings is 3. The highest BCUT2D eigenvalue weighted by Gasteiger charge is 2.49. The molecule has 1 heterocycles. The summed E-state index contributed by atoms with van der Waals surface area (Å²) < 4.78 is 31.9. The predicted octanol–water partition coefficient (Wildman–Crippen LogP) is 5.63. The van der Waals surface area contributed by atoms with E-state index in [2.05, 4.69) is 6.07 Å². The zero-order chi connectivity index (χ0) is 22.0. The van der Waals surface area contributed by atoms with E-state index >= 15 is 4.39 Å². The van der Waals surface area contributed by atoms with Crippen LogP contribution in [0.1, 0.15) is 22.3 Å². The van der Waals surface area contributed by atoms with E-state index in [1.165, 1.54) is 12.1 Å². The number of hydrogen-bond donors (Lipinski definition) is 0. The van der Waals surface area contributed by atoms with Crippen molar-refractivity contribution >= 4 is 11.6 Å². The molecule has 1 saturated heterocycles. The lowest BCUT2D eigenvalue weighted by atomic mass is 9.86. The quantitative estimate of drug-likeness (QED) is 0.355. The number of aryl methyl sites for hydroxylation is 1. The highest BCUT2D eigenvalue weighted by atomic mass is 35.5. The molecule has 0 aliphatic carbocycles. The van der Waals surface area contributed by atoms with Crippen molar-refractivity contribution in [2.24, 2.45) is 0 Å². The largest absolute Gasteiger partial charge is 0.488 e. The summed E-state index contributed by atoms with van der Waals surface area (Å²) in [6, 6.07) is 18.5.